The molecule has 2 aliphatic rings. The van der Waals surface area contributed by atoms with Crippen LogP contribution in [-0.2, 0) is 12.8 Å². The molecule has 2 aliphatic heterocycles. The molecule has 0 aliphatic carbocycles. The van der Waals surface area contributed by atoms with Gasteiger partial charge in [0.2, 0.25) is 0 Å². The minimum atomic E-state index is -1.15. The van der Waals surface area contributed by atoms with Crippen LogP contribution in [0.25, 0.3) is 0 Å². The maximum atomic E-state index is 12.8. The van der Waals surface area contributed by atoms with Crippen LogP contribution in [0.2, 0.25) is 0 Å². The van der Waals surface area contributed by atoms with Gasteiger partial charge in [0.05, 0.1) is 6.04 Å². The predicted octanol–water partition coefficient (Wildman–Crippen LogP) is 4.66. The Morgan fingerprint density at radius 3 is 2.83 bits per heavy atom. The second kappa shape index (κ2) is 7.86. The molecule has 4 nitrogen and oxygen atoms in total. The Hall–Kier alpha value is -2.27. The van der Waals surface area contributed by atoms with Crippen LogP contribution < -0.4 is 15.0 Å². The third kappa shape index (κ3) is 4.06. The third-order valence-electron chi connectivity index (χ3n) is 6.30. The molecule has 2 N–H and O–H groups in total. The van der Waals surface area contributed by atoms with E-state index in [4.69, 9.17) is 4.74 Å². The third-order valence-corrected chi connectivity index (χ3v) is 6.30. The van der Waals surface area contributed by atoms with Gasteiger partial charge in [-0.3, -0.25) is 0 Å². The highest BCUT2D eigenvalue weighted by Crippen LogP contribution is 2.37. The number of aliphatic hydroxyl groups is 1. The Morgan fingerprint density at radius 1 is 1.21 bits per heavy atom. The molecule has 5 heteroatoms. The van der Waals surface area contributed by atoms with E-state index in [1.165, 1.54) is 28.8 Å². The Labute approximate surface area is 172 Å². The second-order valence-electron chi connectivity index (χ2n) is 8.84. The van der Waals surface area contributed by atoms with Gasteiger partial charge in [0.15, 0.2) is 0 Å². The number of benzene rings is 2. The number of aliphatic hydroxyl groups excluding tert-OH is 1. The highest BCUT2D eigenvalue weighted by molar-refractivity contribution is 5.60. The molecule has 0 saturated heterocycles. The van der Waals surface area contributed by atoms with E-state index in [0.29, 0.717) is 11.8 Å². The number of hydrogen-bond acceptors (Lipinski definition) is 4. The van der Waals surface area contributed by atoms with Crippen LogP contribution in [0.4, 0.5) is 15.8 Å². The number of nitrogens with one attached hydrogen (secondary N) is 1. The fraction of sp³-hybridized carbons (Fsp3) is 0.500. The lowest BCUT2D eigenvalue weighted by Gasteiger charge is -2.32. The van der Waals surface area contributed by atoms with E-state index in [1.807, 2.05) is 18.2 Å². The first kappa shape index (κ1) is 20.0. The fourth-order valence-corrected chi connectivity index (χ4v) is 4.37. The Morgan fingerprint density at radius 2 is 2.03 bits per heavy atom. The van der Waals surface area contributed by atoms with Crippen LogP contribution in [0.3, 0.4) is 0 Å². The largest absolute Gasteiger partial charge is 0.485 e. The minimum Gasteiger partial charge on any atom is -0.485 e. The van der Waals surface area contributed by atoms with Crippen LogP contribution in [0.5, 0.6) is 5.75 Å². The number of hydrogen-bond donors (Lipinski definition) is 2. The number of nitrogens with zero attached hydrogens (tertiary/aromatic N) is 1. The first-order chi connectivity index (χ1) is 13.9. The van der Waals surface area contributed by atoms with Gasteiger partial charge in [-0.15, -0.1) is 0 Å². The lowest BCUT2D eigenvalue weighted by Crippen LogP contribution is -2.43. The molecular formula is C24H31FN2O2. The van der Waals surface area contributed by atoms with Crippen molar-refractivity contribution in [3.8, 4) is 5.75 Å². The quantitative estimate of drug-likeness (QED) is 0.769. The van der Waals surface area contributed by atoms with E-state index in [1.54, 1.807) is 13.8 Å². The molecule has 0 aromatic heterocycles. The number of halogens is 1. The first-order valence-electron chi connectivity index (χ1n) is 10.5. The Kier molecular flexibility index (Phi) is 5.43. The Balaban J connectivity index is 1.50. The number of aryl methyl sites for hydroxylation is 2. The van der Waals surface area contributed by atoms with E-state index in [9.17, 15) is 9.50 Å². The van der Waals surface area contributed by atoms with Crippen molar-refractivity contribution in [3.63, 3.8) is 0 Å². The van der Waals surface area contributed by atoms with Crippen molar-refractivity contribution in [2.75, 3.05) is 30.5 Å². The summed E-state index contributed by atoms with van der Waals surface area (Å²) in [7, 11) is 2.17. The zero-order valence-electron chi connectivity index (χ0n) is 17.5. The normalized spacial score (nSPS) is 19.8. The summed E-state index contributed by atoms with van der Waals surface area (Å²) in [5.41, 5.74) is 5.49. The summed E-state index contributed by atoms with van der Waals surface area (Å²) in [6.45, 7) is 3.72. The number of ether oxygens (including phenoxy) is 1. The average Bonchev–Trinajstić information content (AvgIpc) is 2.72. The zero-order chi connectivity index (χ0) is 20.6. The van der Waals surface area contributed by atoms with Crippen LogP contribution in [0.15, 0.2) is 36.4 Å². The molecular weight excluding hydrogens is 367 g/mol. The predicted molar refractivity (Wildman–Crippen MR) is 116 cm³/mol. The summed E-state index contributed by atoms with van der Waals surface area (Å²) in [5.74, 6) is 0.665. The summed E-state index contributed by atoms with van der Waals surface area (Å²) in [6.07, 6.45) is 3.18. The molecule has 0 spiro atoms. The lowest BCUT2D eigenvalue weighted by molar-refractivity contribution is -0.0393. The standard InChI is InChI=1S/C24H31FN2O2/c1-24(2,23(28)15-25)29-19-8-10-21-17(14-19)6-9-20(26-21)16-7-11-22-18(13-16)5-4-12-27(22)3/h7-8,10-11,13-14,20,23,26,28H,4-6,9,12,15H2,1-3H3. The molecule has 29 heavy (non-hydrogen) atoms. The highest BCUT2D eigenvalue weighted by atomic mass is 19.1. The molecule has 156 valence electrons. The molecule has 0 radical (unpaired) electrons. The van der Waals surface area contributed by atoms with Crippen molar-refractivity contribution in [1.82, 2.24) is 0 Å². The second-order valence-corrected chi connectivity index (χ2v) is 8.84. The maximum absolute atomic E-state index is 12.8. The minimum absolute atomic E-state index is 0.302. The van der Waals surface area contributed by atoms with E-state index >= 15 is 0 Å². The summed E-state index contributed by atoms with van der Waals surface area (Å²) in [4.78, 5) is 2.34. The monoisotopic (exact) mass is 398 g/mol. The summed E-state index contributed by atoms with van der Waals surface area (Å²) in [6, 6.07) is 13.1. The summed E-state index contributed by atoms with van der Waals surface area (Å²) >= 11 is 0. The van der Waals surface area contributed by atoms with Gasteiger partial charge in [-0.2, -0.15) is 0 Å². The highest BCUT2D eigenvalue weighted by Gasteiger charge is 2.30. The van der Waals surface area contributed by atoms with Crippen molar-refractivity contribution in [2.24, 2.45) is 0 Å². The first-order valence-corrected chi connectivity index (χ1v) is 10.5. The van der Waals surface area contributed by atoms with E-state index in [0.717, 1.165) is 31.5 Å². The Bertz CT molecular complexity index is 883. The van der Waals surface area contributed by atoms with Gasteiger partial charge in [0.25, 0.3) is 0 Å². The van der Waals surface area contributed by atoms with Gasteiger partial charge in [-0.1, -0.05) is 12.1 Å². The number of rotatable bonds is 5. The van der Waals surface area contributed by atoms with Crippen LogP contribution >= 0.6 is 0 Å². The molecule has 2 aromatic rings. The molecule has 2 aromatic carbocycles. The zero-order valence-corrected chi connectivity index (χ0v) is 17.5. The van der Waals surface area contributed by atoms with Gasteiger partial charge in [0.1, 0.15) is 24.1 Å². The van der Waals surface area contributed by atoms with Crippen LogP contribution in [0.1, 0.15) is 49.4 Å². The van der Waals surface area contributed by atoms with Gasteiger partial charge < -0.3 is 20.1 Å². The summed E-state index contributed by atoms with van der Waals surface area (Å²) < 4.78 is 18.7. The topological polar surface area (TPSA) is 44.7 Å². The smallest absolute Gasteiger partial charge is 0.132 e. The van der Waals surface area contributed by atoms with Crippen molar-refractivity contribution >= 4 is 11.4 Å². The molecule has 2 unspecified atom stereocenters. The fourth-order valence-electron chi connectivity index (χ4n) is 4.37. The molecule has 0 fully saturated rings. The van der Waals surface area contributed by atoms with Crippen LogP contribution in [-0.4, -0.2) is 37.1 Å². The number of alkyl halides is 1. The molecule has 2 atom stereocenters. The number of fused-ring (bicyclic) bond motifs is 2. The van der Waals surface area contributed by atoms with E-state index in [-0.39, 0.29) is 0 Å². The lowest BCUT2D eigenvalue weighted by atomic mass is 9.90. The van der Waals surface area contributed by atoms with Crippen molar-refractivity contribution in [2.45, 2.75) is 57.3 Å². The van der Waals surface area contributed by atoms with E-state index < -0.39 is 18.4 Å². The van der Waals surface area contributed by atoms with Gasteiger partial charge in [-0.25, -0.2) is 4.39 Å². The van der Waals surface area contributed by atoms with Crippen molar-refractivity contribution in [1.29, 1.82) is 0 Å². The summed E-state index contributed by atoms with van der Waals surface area (Å²) in [5, 5.41) is 13.5. The molecule has 0 saturated carbocycles. The average molecular weight is 399 g/mol. The molecule has 0 amide bonds. The molecule has 2 heterocycles. The molecule has 4 rings (SSSR count). The van der Waals surface area contributed by atoms with Crippen LogP contribution in [0, 0.1) is 0 Å². The van der Waals surface area contributed by atoms with Gasteiger partial charge in [-0.05, 0) is 80.5 Å². The van der Waals surface area contributed by atoms with Gasteiger partial charge in [0, 0.05) is 25.0 Å². The van der Waals surface area contributed by atoms with Crippen molar-refractivity contribution < 1.29 is 14.2 Å². The number of anilines is 2. The SMILES string of the molecule is CN1CCCc2cc(C3CCc4cc(OC(C)(C)C(O)CF)ccc4N3)ccc21. The molecule has 0 bridgehead atoms. The van der Waals surface area contributed by atoms with Gasteiger partial charge >= 0.3 is 0 Å². The van der Waals surface area contributed by atoms with E-state index in [2.05, 4.69) is 35.5 Å². The van der Waals surface area contributed by atoms with Crippen molar-refractivity contribution in [3.05, 3.63) is 53.1 Å². The maximum Gasteiger partial charge on any atom is 0.132 e.